The highest BCUT2D eigenvalue weighted by Crippen LogP contribution is 2.23. The van der Waals surface area contributed by atoms with Gasteiger partial charge in [-0.2, -0.15) is 23.5 Å². The van der Waals surface area contributed by atoms with Crippen LogP contribution < -0.4 is 5.32 Å². The third-order valence-electron chi connectivity index (χ3n) is 2.74. The summed E-state index contributed by atoms with van der Waals surface area (Å²) in [4.78, 5) is 12.1. The Kier molecular flexibility index (Phi) is 5.45. The number of hydrogen-bond acceptors (Lipinski definition) is 3. The number of carbonyl (C=O) groups excluding carboxylic acids is 1. The first-order valence-electron chi connectivity index (χ1n) is 5.90. The number of amides is 1. The Hall–Kier alpha value is -0.130. The summed E-state index contributed by atoms with van der Waals surface area (Å²) in [6.45, 7) is 2.78. The summed E-state index contributed by atoms with van der Waals surface area (Å²) in [7, 11) is 0. The van der Waals surface area contributed by atoms with E-state index in [0.29, 0.717) is 10.8 Å². The highest BCUT2D eigenvalue weighted by molar-refractivity contribution is 9.10. The average Bonchev–Trinajstić information content (AvgIpc) is 2.37. The molecule has 1 amide bonds. The molecule has 1 N–H and O–H groups in total. The Morgan fingerprint density at radius 2 is 2.33 bits per heavy atom. The second-order valence-corrected chi connectivity index (χ2v) is 7.67. The van der Waals surface area contributed by atoms with Crippen molar-refractivity contribution in [3.05, 3.63) is 33.8 Å². The number of carbonyl (C=O) groups is 1. The van der Waals surface area contributed by atoms with Gasteiger partial charge in [-0.15, -0.1) is 0 Å². The number of hydrogen-bond donors (Lipinski definition) is 1. The molecule has 2 rings (SSSR count). The molecule has 1 aromatic rings. The van der Waals surface area contributed by atoms with Gasteiger partial charge in [-0.25, -0.2) is 0 Å². The lowest BCUT2D eigenvalue weighted by Crippen LogP contribution is -2.33. The zero-order valence-corrected chi connectivity index (χ0v) is 13.5. The topological polar surface area (TPSA) is 29.1 Å². The van der Waals surface area contributed by atoms with Crippen molar-refractivity contribution in [1.29, 1.82) is 0 Å². The lowest BCUT2D eigenvalue weighted by Gasteiger charge is -2.21. The Morgan fingerprint density at radius 1 is 1.50 bits per heavy atom. The van der Waals surface area contributed by atoms with Gasteiger partial charge in [0.1, 0.15) is 0 Å². The fourth-order valence-corrected chi connectivity index (χ4v) is 5.05. The molecule has 1 fully saturated rings. The normalized spacial score (nSPS) is 19.6. The van der Waals surface area contributed by atoms with Crippen molar-refractivity contribution in [3.8, 4) is 0 Å². The van der Waals surface area contributed by atoms with Gasteiger partial charge >= 0.3 is 0 Å². The Balaban J connectivity index is 1.90. The third-order valence-corrected chi connectivity index (χ3v) is 6.25. The zero-order valence-electron chi connectivity index (χ0n) is 10.2. The molecule has 2 nitrogen and oxygen atoms in total. The maximum Gasteiger partial charge on any atom is 0.252 e. The van der Waals surface area contributed by atoms with E-state index in [2.05, 4.69) is 21.2 Å². The summed E-state index contributed by atoms with van der Waals surface area (Å²) < 4.78 is 0.866. The number of aryl methyl sites for hydroxylation is 1. The SMILES string of the molecule is Cc1ccc(C(=O)NCC2CSCCS2)c(Br)c1. The predicted molar refractivity (Wildman–Crippen MR) is 84.8 cm³/mol. The van der Waals surface area contributed by atoms with Crippen LogP contribution in [0.3, 0.4) is 0 Å². The van der Waals surface area contributed by atoms with Gasteiger partial charge in [0.15, 0.2) is 0 Å². The molecule has 0 aromatic heterocycles. The number of nitrogens with one attached hydrogen (secondary N) is 1. The predicted octanol–water partition coefficient (Wildman–Crippen LogP) is 3.34. The number of thioether (sulfide) groups is 2. The van der Waals surface area contributed by atoms with Gasteiger partial charge in [-0.05, 0) is 40.5 Å². The molecule has 1 unspecified atom stereocenters. The Bertz CT molecular complexity index is 433. The van der Waals surface area contributed by atoms with Crippen LogP contribution in [0.5, 0.6) is 0 Å². The summed E-state index contributed by atoms with van der Waals surface area (Å²) in [5.41, 5.74) is 1.87. The molecular weight excluding hydrogens is 330 g/mol. The quantitative estimate of drug-likeness (QED) is 0.910. The lowest BCUT2D eigenvalue weighted by atomic mass is 10.1. The minimum absolute atomic E-state index is 0.0121. The molecule has 1 aliphatic rings. The van der Waals surface area contributed by atoms with E-state index in [9.17, 15) is 4.79 Å². The first kappa shape index (κ1) is 14.3. The van der Waals surface area contributed by atoms with Crippen LogP contribution in [0.2, 0.25) is 0 Å². The van der Waals surface area contributed by atoms with E-state index in [0.717, 1.165) is 22.3 Å². The van der Waals surface area contributed by atoms with E-state index in [1.807, 2.05) is 48.6 Å². The minimum atomic E-state index is 0.0121. The van der Waals surface area contributed by atoms with Crippen LogP contribution in [-0.2, 0) is 0 Å². The van der Waals surface area contributed by atoms with E-state index in [1.54, 1.807) is 0 Å². The summed E-state index contributed by atoms with van der Waals surface area (Å²) in [5, 5.41) is 3.58. The van der Waals surface area contributed by atoms with Gasteiger partial charge in [-0.3, -0.25) is 4.79 Å². The number of rotatable bonds is 3. The largest absolute Gasteiger partial charge is 0.351 e. The fourth-order valence-electron chi connectivity index (χ4n) is 1.76. The Labute approximate surface area is 125 Å². The molecule has 0 radical (unpaired) electrons. The summed E-state index contributed by atoms with van der Waals surface area (Å²) >= 11 is 7.38. The maximum absolute atomic E-state index is 12.1. The van der Waals surface area contributed by atoms with Crippen molar-refractivity contribution in [2.45, 2.75) is 12.2 Å². The third kappa shape index (κ3) is 3.93. The minimum Gasteiger partial charge on any atom is -0.351 e. The first-order valence-corrected chi connectivity index (χ1v) is 8.90. The van der Waals surface area contributed by atoms with Gasteiger partial charge in [0.25, 0.3) is 5.91 Å². The van der Waals surface area contributed by atoms with Crippen molar-refractivity contribution in [3.63, 3.8) is 0 Å². The smallest absolute Gasteiger partial charge is 0.252 e. The number of halogens is 1. The molecule has 1 heterocycles. The van der Waals surface area contributed by atoms with Crippen LogP contribution in [-0.4, -0.2) is 35.0 Å². The molecule has 1 aliphatic heterocycles. The molecule has 0 saturated carbocycles. The summed E-state index contributed by atoms with van der Waals surface area (Å²) in [6, 6.07) is 5.81. The zero-order chi connectivity index (χ0) is 13.0. The lowest BCUT2D eigenvalue weighted by molar-refractivity contribution is 0.0953. The summed E-state index contributed by atoms with van der Waals surface area (Å²) in [6.07, 6.45) is 0. The first-order chi connectivity index (χ1) is 8.66. The van der Waals surface area contributed by atoms with Crippen LogP contribution >= 0.6 is 39.5 Å². The van der Waals surface area contributed by atoms with Crippen molar-refractivity contribution in [2.75, 3.05) is 23.8 Å². The van der Waals surface area contributed by atoms with Gasteiger partial charge in [0.05, 0.1) is 5.56 Å². The van der Waals surface area contributed by atoms with E-state index in [4.69, 9.17) is 0 Å². The van der Waals surface area contributed by atoms with E-state index < -0.39 is 0 Å². The molecule has 1 atom stereocenters. The van der Waals surface area contributed by atoms with Crippen LogP contribution in [0.1, 0.15) is 15.9 Å². The summed E-state index contributed by atoms with van der Waals surface area (Å²) in [5.74, 6) is 3.58. The van der Waals surface area contributed by atoms with Gasteiger partial charge in [-0.1, -0.05) is 6.07 Å². The van der Waals surface area contributed by atoms with Crippen molar-refractivity contribution in [1.82, 2.24) is 5.32 Å². The van der Waals surface area contributed by atoms with Crippen molar-refractivity contribution >= 4 is 45.4 Å². The van der Waals surface area contributed by atoms with Gasteiger partial charge in [0, 0.05) is 33.5 Å². The molecule has 0 spiro atoms. The van der Waals surface area contributed by atoms with Crippen LogP contribution in [0.15, 0.2) is 22.7 Å². The molecule has 18 heavy (non-hydrogen) atoms. The molecular formula is C13H16BrNOS2. The number of benzene rings is 1. The monoisotopic (exact) mass is 345 g/mol. The van der Waals surface area contributed by atoms with Gasteiger partial charge < -0.3 is 5.32 Å². The van der Waals surface area contributed by atoms with Crippen molar-refractivity contribution in [2.24, 2.45) is 0 Å². The Morgan fingerprint density at radius 3 is 3.00 bits per heavy atom. The maximum atomic E-state index is 12.1. The second-order valence-electron chi connectivity index (χ2n) is 4.26. The van der Waals surface area contributed by atoms with E-state index >= 15 is 0 Å². The van der Waals surface area contributed by atoms with Crippen LogP contribution in [0.25, 0.3) is 0 Å². The fraction of sp³-hybridized carbons (Fsp3) is 0.462. The highest BCUT2D eigenvalue weighted by Gasteiger charge is 2.16. The average molecular weight is 346 g/mol. The van der Waals surface area contributed by atoms with E-state index in [-0.39, 0.29) is 5.91 Å². The van der Waals surface area contributed by atoms with E-state index in [1.165, 1.54) is 11.5 Å². The molecule has 0 bridgehead atoms. The molecule has 1 aromatic carbocycles. The molecule has 5 heteroatoms. The molecule has 1 saturated heterocycles. The van der Waals surface area contributed by atoms with Crippen LogP contribution in [0.4, 0.5) is 0 Å². The molecule has 98 valence electrons. The second kappa shape index (κ2) is 6.87. The van der Waals surface area contributed by atoms with Crippen molar-refractivity contribution < 1.29 is 4.79 Å². The highest BCUT2D eigenvalue weighted by atomic mass is 79.9. The van der Waals surface area contributed by atoms with Crippen LogP contribution in [0, 0.1) is 6.92 Å². The standard InChI is InChI=1S/C13H16BrNOS2/c1-9-2-3-11(12(14)6-9)13(16)15-7-10-8-17-4-5-18-10/h2-3,6,10H,4-5,7-8H2,1H3,(H,15,16). The van der Waals surface area contributed by atoms with Gasteiger partial charge in [0.2, 0.25) is 0 Å². The molecule has 0 aliphatic carbocycles.